The van der Waals surface area contributed by atoms with Crippen LogP contribution in [0.5, 0.6) is 0 Å². The summed E-state index contributed by atoms with van der Waals surface area (Å²) in [6, 6.07) is 19.0. The van der Waals surface area contributed by atoms with Crippen molar-refractivity contribution in [3.8, 4) is 11.8 Å². The van der Waals surface area contributed by atoms with Gasteiger partial charge in [0, 0.05) is 17.1 Å². The lowest BCUT2D eigenvalue weighted by molar-refractivity contribution is 0.0960. The zero-order chi connectivity index (χ0) is 15.2. The predicted molar refractivity (Wildman–Crippen MR) is 87.4 cm³/mol. The minimum absolute atomic E-state index is 0.138. The lowest BCUT2D eigenvalue weighted by Crippen LogP contribution is -2.23. The van der Waals surface area contributed by atoms with E-state index in [-0.39, 0.29) is 5.91 Å². The molecule has 0 atom stereocenters. The molecule has 3 nitrogen and oxygen atoms in total. The molecule has 3 rings (SSSR count). The molecule has 0 fully saturated rings. The highest BCUT2D eigenvalue weighted by Crippen LogP contribution is 2.15. The number of nitrogens with one attached hydrogen (secondary N) is 1. The van der Waals surface area contributed by atoms with Gasteiger partial charge in [0.25, 0.3) is 5.91 Å². The van der Waals surface area contributed by atoms with Crippen LogP contribution in [-0.2, 0) is 0 Å². The summed E-state index contributed by atoms with van der Waals surface area (Å²) in [4.78, 5) is 16.5. The minimum atomic E-state index is -0.138. The van der Waals surface area contributed by atoms with E-state index in [0.717, 1.165) is 16.5 Å². The molecular weight excluding hydrogens is 272 g/mol. The van der Waals surface area contributed by atoms with E-state index in [2.05, 4.69) is 22.1 Å². The number of pyridine rings is 1. The maximum Gasteiger partial charge on any atom is 0.252 e. The van der Waals surface area contributed by atoms with Crippen molar-refractivity contribution in [1.82, 2.24) is 10.3 Å². The fourth-order valence-corrected chi connectivity index (χ4v) is 2.18. The van der Waals surface area contributed by atoms with Gasteiger partial charge >= 0.3 is 0 Å². The van der Waals surface area contributed by atoms with Crippen molar-refractivity contribution in [1.29, 1.82) is 0 Å². The van der Waals surface area contributed by atoms with Gasteiger partial charge < -0.3 is 5.32 Å². The Labute approximate surface area is 129 Å². The van der Waals surface area contributed by atoms with Gasteiger partial charge in [0.15, 0.2) is 0 Å². The molecule has 2 aromatic carbocycles. The van der Waals surface area contributed by atoms with E-state index in [9.17, 15) is 4.79 Å². The Morgan fingerprint density at radius 3 is 2.64 bits per heavy atom. The van der Waals surface area contributed by atoms with Gasteiger partial charge in [-0.1, -0.05) is 48.2 Å². The summed E-state index contributed by atoms with van der Waals surface area (Å²) in [5.74, 6) is 5.83. The van der Waals surface area contributed by atoms with Crippen LogP contribution in [0, 0.1) is 11.8 Å². The van der Waals surface area contributed by atoms with Crippen molar-refractivity contribution in [2.75, 3.05) is 6.54 Å². The number of para-hydroxylation sites is 1. The lowest BCUT2D eigenvalue weighted by atomic mass is 10.1. The summed E-state index contributed by atoms with van der Waals surface area (Å²) < 4.78 is 0. The fraction of sp³-hybridized carbons (Fsp3) is 0.0526. The van der Waals surface area contributed by atoms with E-state index >= 15 is 0 Å². The second-order valence-corrected chi connectivity index (χ2v) is 4.73. The average Bonchev–Trinajstić information content (AvgIpc) is 2.59. The van der Waals surface area contributed by atoms with Crippen LogP contribution in [0.15, 0.2) is 66.9 Å². The number of nitrogens with zero attached hydrogens (tertiary/aromatic N) is 1. The first kappa shape index (κ1) is 13.8. The Kier molecular flexibility index (Phi) is 4.12. The van der Waals surface area contributed by atoms with Gasteiger partial charge in [-0.2, -0.15) is 0 Å². The minimum Gasteiger partial charge on any atom is -0.341 e. The molecule has 0 aliphatic heterocycles. The largest absolute Gasteiger partial charge is 0.341 e. The first-order valence-electron chi connectivity index (χ1n) is 7.00. The van der Waals surface area contributed by atoms with Gasteiger partial charge in [-0.15, -0.1) is 0 Å². The van der Waals surface area contributed by atoms with Gasteiger partial charge in [-0.05, 0) is 24.3 Å². The third-order valence-corrected chi connectivity index (χ3v) is 3.24. The number of carbonyl (C=O) groups excluding carboxylic acids is 1. The van der Waals surface area contributed by atoms with E-state index in [1.807, 2.05) is 54.6 Å². The summed E-state index contributed by atoms with van der Waals surface area (Å²) >= 11 is 0. The summed E-state index contributed by atoms with van der Waals surface area (Å²) in [6.45, 7) is 0.310. The second-order valence-electron chi connectivity index (χ2n) is 4.73. The topological polar surface area (TPSA) is 42.0 Å². The van der Waals surface area contributed by atoms with Crippen LogP contribution in [0.1, 0.15) is 15.9 Å². The number of hydrogen-bond donors (Lipinski definition) is 1. The van der Waals surface area contributed by atoms with Crippen LogP contribution in [0.2, 0.25) is 0 Å². The summed E-state index contributed by atoms with van der Waals surface area (Å²) in [5.41, 5.74) is 2.36. The van der Waals surface area contributed by atoms with Crippen molar-refractivity contribution < 1.29 is 4.79 Å². The van der Waals surface area contributed by atoms with Crippen molar-refractivity contribution in [2.24, 2.45) is 0 Å². The monoisotopic (exact) mass is 286 g/mol. The Morgan fingerprint density at radius 1 is 1.00 bits per heavy atom. The highest BCUT2D eigenvalue weighted by atomic mass is 16.1. The van der Waals surface area contributed by atoms with Gasteiger partial charge in [0.2, 0.25) is 0 Å². The Hall–Kier alpha value is -3.12. The molecular formula is C19H14N2O. The van der Waals surface area contributed by atoms with Crippen LogP contribution < -0.4 is 5.32 Å². The van der Waals surface area contributed by atoms with Crippen LogP contribution in [0.25, 0.3) is 10.9 Å². The van der Waals surface area contributed by atoms with Crippen molar-refractivity contribution in [2.45, 2.75) is 0 Å². The number of rotatable bonds is 2. The molecule has 106 valence electrons. The van der Waals surface area contributed by atoms with Crippen LogP contribution in [0.3, 0.4) is 0 Å². The average molecular weight is 286 g/mol. The van der Waals surface area contributed by atoms with Crippen molar-refractivity contribution >= 4 is 16.8 Å². The first-order chi connectivity index (χ1) is 10.8. The van der Waals surface area contributed by atoms with Gasteiger partial charge in [-0.3, -0.25) is 9.78 Å². The molecule has 1 heterocycles. The molecule has 3 heteroatoms. The summed E-state index contributed by atoms with van der Waals surface area (Å²) in [7, 11) is 0. The Morgan fingerprint density at radius 2 is 1.77 bits per heavy atom. The van der Waals surface area contributed by atoms with Crippen LogP contribution >= 0.6 is 0 Å². The maximum atomic E-state index is 12.3. The van der Waals surface area contributed by atoms with Crippen LogP contribution in [-0.4, -0.2) is 17.4 Å². The molecule has 1 N–H and O–H groups in total. The molecule has 0 saturated heterocycles. The van der Waals surface area contributed by atoms with E-state index in [1.165, 1.54) is 0 Å². The summed E-state index contributed by atoms with van der Waals surface area (Å²) in [6.07, 6.45) is 1.65. The molecule has 0 aliphatic rings. The molecule has 1 amide bonds. The number of fused-ring (bicyclic) bond motifs is 1. The van der Waals surface area contributed by atoms with Gasteiger partial charge in [-0.25, -0.2) is 0 Å². The maximum absolute atomic E-state index is 12.3. The Balaban J connectivity index is 1.71. The molecule has 0 bridgehead atoms. The first-order valence-corrected chi connectivity index (χ1v) is 7.00. The van der Waals surface area contributed by atoms with E-state index < -0.39 is 0 Å². The van der Waals surface area contributed by atoms with Gasteiger partial charge in [0.1, 0.15) is 0 Å². The number of carbonyl (C=O) groups is 1. The standard InChI is InChI=1S/C19H14N2O/c22-19(21-13-6-9-15-7-2-1-3-8-15)17-12-14-20-18-11-5-4-10-16(17)18/h1-5,7-8,10-12,14H,13H2,(H,21,22). The normalized spacial score (nSPS) is 9.82. The quantitative estimate of drug-likeness (QED) is 0.736. The molecule has 0 radical (unpaired) electrons. The third-order valence-electron chi connectivity index (χ3n) is 3.24. The second kappa shape index (κ2) is 6.55. The third kappa shape index (κ3) is 3.13. The Bertz CT molecular complexity index is 855. The van der Waals surface area contributed by atoms with Crippen molar-refractivity contribution in [3.63, 3.8) is 0 Å². The predicted octanol–water partition coefficient (Wildman–Crippen LogP) is 3.02. The summed E-state index contributed by atoms with van der Waals surface area (Å²) in [5, 5.41) is 3.67. The molecule has 0 spiro atoms. The fourth-order valence-electron chi connectivity index (χ4n) is 2.18. The SMILES string of the molecule is O=C(NCC#Cc1ccccc1)c1ccnc2ccccc12. The number of benzene rings is 2. The van der Waals surface area contributed by atoms with E-state index in [0.29, 0.717) is 12.1 Å². The molecule has 0 aliphatic carbocycles. The highest BCUT2D eigenvalue weighted by Gasteiger charge is 2.08. The number of amides is 1. The number of aromatic nitrogens is 1. The smallest absolute Gasteiger partial charge is 0.252 e. The van der Waals surface area contributed by atoms with E-state index in [4.69, 9.17) is 0 Å². The van der Waals surface area contributed by atoms with Crippen LogP contribution in [0.4, 0.5) is 0 Å². The van der Waals surface area contributed by atoms with E-state index in [1.54, 1.807) is 12.3 Å². The zero-order valence-corrected chi connectivity index (χ0v) is 11.9. The van der Waals surface area contributed by atoms with Crippen molar-refractivity contribution in [3.05, 3.63) is 78.0 Å². The highest BCUT2D eigenvalue weighted by molar-refractivity contribution is 6.06. The molecule has 0 unspecified atom stereocenters. The number of hydrogen-bond acceptors (Lipinski definition) is 2. The molecule has 22 heavy (non-hydrogen) atoms. The zero-order valence-electron chi connectivity index (χ0n) is 11.9. The molecule has 1 aromatic heterocycles. The molecule has 3 aromatic rings. The van der Waals surface area contributed by atoms with Gasteiger partial charge in [0.05, 0.1) is 17.6 Å². The molecule has 0 saturated carbocycles. The lowest BCUT2D eigenvalue weighted by Gasteiger charge is -2.05.